The molecule has 1 aromatic rings. The first-order valence-corrected chi connectivity index (χ1v) is 10.6. The van der Waals surface area contributed by atoms with Gasteiger partial charge in [0, 0.05) is 31.5 Å². The van der Waals surface area contributed by atoms with Gasteiger partial charge in [-0.1, -0.05) is 0 Å². The Morgan fingerprint density at radius 2 is 1.89 bits per heavy atom. The summed E-state index contributed by atoms with van der Waals surface area (Å²) in [7, 11) is 3.18. The molecule has 27 heavy (non-hydrogen) atoms. The summed E-state index contributed by atoms with van der Waals surface area (Å²) in [5.41, 5.74) is 1.48. The van der Waals surface area contributed by atoms with Gasteiger partial charge in [0.15, 0.2) is 17.2 Å². The molecule has 0 radical (unpaired) electrons. The van der Waals surface area contributed by atoms with E-state index in [4.69, 9.17) is 9.47 Å². The molecule has 1 amide bonds. The first-order chi connectivity index (χ1) is 13.1. The van der Waals surface area contributed by atoms with Gasteiger partial charge in [0.05, 0.1) is 38.6 Å². The number of hydrogen-bond acceptors (Lipinski definition) is 5. The molecule has 6 nitrogen and oxygen atoms in total. The molecule has 146 valence electrons. The number of benzene rings is 1. The standard InChI is InChI=1S/C20H28N3O3S/c1-25-18-11-16(13-21)17(12-19(18)26-2)23(27-3)10-6-7-15(14-23)20(24)22-8-4-5-9-22/h11-12,15H,4-10,14H2,1-3H3/q+1. The highest BCUT2D eigenvalue weighted by atomic mass is 32.2. The molecule has 2 atom stereocenters. The minimum Gasteiger partial charge on any atom is -0.493 e. The first kappa shape index (κ1) is 19.8. The van der Waals surface area contributed by atoms with Gasteiger partial charge in [0.25, 0.3) is 0 Å². The highest BCUT2D eigenvalue weighted by Gasteiger charge is 2.43. The van der Waals surface area contributed by atoms with Crippen molar-refractivity contribution in [1.82, 2.24) is 8.79 Å². The molecule has 2 aliphatic rings. The average molecular weight is 391 g/mol. The fourth-order valence-electron chi connectivity index (χ4n) is 4.31. The summed E-state index contributed by atoms with van der Waals surface area (Å²) in [4.78, 5) is 15.0. The molecule has 1 aromatic carbocycles. The van der Waals surface area contributed by atoms with E-state index in [1.165, 1.54) is 0 Å². The predicted molar refractivity (Wildman–Crippen MR) is 108 cm³/mol. The van der Waals surface area contributed by atoms with Gasteiger partial charge in [-0.2, -0.15) is 5.26 Å². The van der Waals surface area contributed by atoms with E-state index in [-0.39, 0.29) is 11.8 Å². The Bertz CT molecular complexity index is 743. The monoisotopic (exact) mass is 390 g/mol. The SMILES string of the molecule is COc1cc(C#N)c([N+]2(SC)CCCC(C(=O)N3CCCC3)C2)cc1OC. The van der Waals surface area contributed by atoms with E-state index in [1.54, 1.807) is 32.2 Å². The molecule has 0 aromatic heterocycles. The van der Waals surface area contributed by atoms with Crippen LogP contribution in [0.3, 0.4) is 0 Å². The van der Waals surface area contributed by atoms with E-state index >= 15 is 0 Å². The molecule has 2 saturated heterocycles. The van der Waals surface area contributed by atoms with Gasteiger partial charge in [0.1, 0.15) is 18.2 Å². The van der Waals surface area contributed by atoms with E-state index in [0.717, 1.165) is 51.0 Å². The molecular weight excluding hydrogens is 362 g/mol. The summed E-state index contributed by atoms with van der Waals surface area (Å²) >= 11 is 1.69. The van der Waals surface area contributed by atoms with Crippen molar-refractivity contribution in [3.05, 3.63) is 17.7 Å². The molecule has 0 bridgehead atoms. The van der Waals surface area contributed by atoms with Crippen LogP contribution >= 0.6 is 11.9 Å². The number of likely N-dealkylation sites (tertiary alicyclic amines) is 1. The molecule has 2 aliphatic heterocycles. The van der Waals surface area contributed by atoms with E-state index in [0.29, 0.717) is 27.5 Å². The van der Waals surface area contributed by atoms with Crippen LogP contribution in [0.25, 0.3) is 0 Å². The van der Waals surface area contributed by atoms with Crippen molar-refractivity contribution in [2.24, 2.45) is 5.92 Å². The van der Waals surface area contributed by atoms with Gasteiger partial charge in [-0.05, 0) is 25.7 Å². The number of carbonyl (C=O) groups is 1. The second kappa shape index (κ2) is 8.41. The third kappa shape index (κ3) is 3.74. The quantitative estimate of drug-likeness (QED) is 0.571. The van der Waals surface area contributed by atoms with Gasteiger partial charge in [-0.3, -0.25) is 4.79 Å². The van der Waals surface area contributed by atoms with Gasteiger partial charge in [0.2, 0.25) is 5.91 Å². The van der Waals surface area contributed by atoms with Crippen molar-refractivity contribution >= 4 is 23.5 Å². The lowest BCUT2D eigenvalue weighted by Gasteiger charge is -2.41. The number of nitrogens with zero attached hydrogens (tertiary/aromatic N) is 3. The lowest BCUT2D eigenvalue weighted by atomic mass is 9.95. The molecular formula is C20H28N3O3S+. The summed E-state index contributed by atoms with van der Waals surface area (Å²) < 4.78 is 11.4. The zero-order chi connectivity index (χ0) is 19.4. The predicted octanol–water partition coefficient (Wildman–Crippen LogP) is 3.19. The Morgan fingerprint density at radius 1 is 1.22 bits per heavy atom. The van der Waals surface area contributed by atoms with Crippen LogP contribution in [0.4, 0.5) is 5.69 Å². The number of quaternary nitrogens is 1. The molecule has 3 rings (SSSR count). The lowest BCUT2D eigenvalue weighted by Crippen LogP contribution is -2.53. The van der Waals surface area contributed by atoms with Crippen molar-refractivity contribution < 1.29 is 14.3 Å². The van der Waals surface area contributed by atoms with Crippen LogP contribution in [0.1, 0.15) is 31.2 Å². The number of ether oxygens (including phenoxy) is 2. The van der Waals surface area contributed by atoms with Crippen LogP contribution < -0.4 is 13.4 Å². The number of hydrogen-bond donors (Lipinski definition) is 0. The zero-order valence-corrected chi connectivity index (χ0v) is 17.2. The van der Waals surface area contributed by atoms with Crippen molar-refractivity contribution in [3.8, 4) is 17.6 Å². The fourth-order valence-corrected chi connectivity index (χ4v) is 5.30. The van der Waals surface area contributed by atoms with E-state index < -0.39 is 0 Å². The number of piperidine rings is 1. The normalized spacial score (nSPS) is 25.1. The highest BCUT2D eigenvalue weighted by Crippen LogP contribution is 2.44. The molecule has 2 unspecified atom stereocenters. The molecule has 2 fully saturated rings. The topological polar surface area (TPSA) is 62.6 Å². The van der Waals surface area contributed by atoms with Crippen LogP contribution in [0.5, 0.6) is 11.5 Å². The van der Waals surface area contributed by atoms with Crippen molar-refractivity contribution in [3.63, 3.8) is 0 Å². The lowest BCUT2D eigenvalue weighted by molar-refractivity contribution is -0.135. The Hall–Kier alpha value is -1.91. The maximum absolute atomic E-state index is 13.0. The average Bonchev–Trinajstić information content (AvgIpc) is 3.26. The van der Waals surface area contributed by atoms with Gasteiger partial charge in [-0.25, -0.2) is 3.89 Å². The molecule has 7 heteroatoms. The minimum atomic E-state index is 0.00365. The summed E-state index contributed by atoms with van der Waals surface area (Å²) in [6.45, 7) is 3.37. The summed E-state index contributed by atoms with van der Waals surface area (Å²) in [6.07, 6.45) is 6.15. The number of carbonyl (C=O) groups excluding carboxylic acids is 1. The van der Waals surface area contributed by atoms with Gasteiger partial charge in [-0.15, -0.1) is 0 Å². The third-order valence-corrected chi connectivity index (χ3v) is 6.99. The van der Waals surface area contributed by atoms with Crippen LogP contribution in [-0.4, -0.2) is 57.5 Å². The van der Waals surface area contributed by atoms with E-state index in [9.17, 15) is 10.1 Å². The Labute approximate surface area is 165 Å². The second-order valence-electron chi connectivity index (χ2n) is 7.19. The number of methoxy groups -OCH3 is 2. The maximum atomic E-state index is 13.0. The largest absolute Gasteiger partial charge is 0.493 e. The van der Waals surface area contributed by atoms with Gasteiger partial charge < -0.3 is 14.4 Å². The summed E-state index contributed by atoms with van der Waals surface area (Å²) in [6, 6.07) is 5.98. The molecule has 0 spiro atoms. The second-order valence-corrected chi connectivity index (χ2v) is 8.25. The summed E-state index contributed by atoms with van der Waals surface area (Å²) in [5.74, 6) is 1.46. The molecule has 0 saturated carbocycles. The van der Waals surface area contributed by atoms with E-state index in [2.05, 4.69) is 12.3 Å². The molecule has 0 N–H and O–H groups in total. The number of rotatable bonds is 5. The van der Waals surface area contributed by atoms with Crippen molar-refractivity contribution in [2.75, 3.05) is 46.7 Å². The van der Waals surface area contributed by atoms with Crippen molar-refractivity contribution in [1.29, 1.82) is 5.26 Å². The number of amides is 1. The van der Waals surface area contributed by atoms with Crippen LogP contribution in [-0.2, 0) is 4.79 Å². The van der Waals surface area contributed by atoms with Gasteiger partial charge >= 0.3 is 0 Å². The summed E-state index contributed by atoms with van der Waals surface area (Å²) in [5, 5.41) is 9.75. The Balaban J connectivity index is 1.97. The minimum absolute atomic E-state index is 0.00365. The van der Waals surface area contributed by atoms with Crippen molar-refractivity contribution in [2.45, 2.75) is 25.7 Å². The fraction of sp³-hybridized carbons (Fsp3) is 0.600. The smallest absolute Gasteiger partial charge is 0.231 e. The Kier molecular flexibility index (Phi) is 6.18. The zero-order valence-electron chi connectivity index (χ0n) is 16.4. The third-order valence-electron chi connectivity index (χ3n) is 5.77. The maximum Gasteiger partial charge on any atom is 0.231 e. The van der Waals surface area contributed by atoms with Crippen LogP contribution in [0.15, 0.2) is 12.1 Å². The van der Waals surface area contributed by atoms with E-state index in [1.807, 2.05) is 11.0 Å². The first-order valence-electron chi connectivity index (χ1n) is 9.47. The number of nitriles is 1. The molecule has 0 aliphatic carbocycles. The molecule has 2 heterocycles. The highest BCUT2D eigenvalue weighted by molar-refractivity contribution is 7.98. The van der Waals surface area contributed by atoms with Crippen LogP contribution in [0.2, 0.25) is 0 Å². The Morgan fingerprint density at radius 3 is 2.48 bits per heavy atom. The van der Waals surface area contributed by atoms with Crippen LogP contribution in [0, 0.1) is 17.2 Å².